The highest BCUT2D eigenvalue weighted by atomic mass is 16.2. The molecular formula is C13H16N6O. The Hall–Kier alpha value is -2.41. The van der Waals surface area contributed by atoms with Gasteiger partial charge in [0, 0.05) is 13.1 Å². The fraction of sp³-hybridized carbons (Fsp3) is 0.308. The first-order chi connectivity index (χ1) is 9.69. The summed E-state index contributed by atoms with van der Waals surface area (Å²) in [4.78, 5) is 14.4. The van der Waals surface area contributed by atoms with Gasteiger partial charge in [-0.1, -0.05) is 11.6 Å². The van der Waals surface area contributed by atoms with Gasteiger partial charge in [-0.25, -0.2) is 0 Å². The number of fused-ring (bicyclic) bond motifs is 1. The zero-order valence-corrected chi connectivity index (χ0v) is 11.2. The first-order valence-electron chi connectivity index (χ1n) is 6.42. The molecule has 7 nitrogen and oxygen atoms in total. The summed E-state index contributed by atoms with van der Waals surface area (Å²) in [6.45, 7) is 3.77. The molecule has 1 amide bonds. The van der Waals surface area contributed by atoms with Crippen molar-refractivity contribution in [2.75, 3.05) is 12.0 Å². The number of amides is 1. The molecule has 0 spiro atoms. The van der Waals surface area contributed by atoms with E-state index in [1.165, 1.54) is 0 Å². The van der Waals surface area contributed by atoms with Crippen LogP contribution in [0.15, 0.2) is 24.5 Å². The average Bonchev–Trinajstić information content (AvgIpc) is 2.93. The molecule has 1 aromatic carbocycles. The topological polar surface area (TPSA) is 89.1 Å². The fourth-order valence-corrected chi connectivity index (χ4v) is 2.37. The number of aromatic nitrogens is 3. The number of benzene rings is 1. The van der Waals surface area contributed by atoms with Crippen LogP contribution in [0.1, 0.15) is 21.7 Å². The second kappa shape index (κ2) is 4.93. The van der Waals surface area contributed by atoms with Crippen molar-refractivity contribution in [2.24, 2.45) is 5.84 Å². The molecule has 1 aliphatic rings. The van der Waals surface area contributed by atoms with Gasteiger partial charge in [-0.15, -0.1) is 10.2 Å². The van der Waals surface area contributed by atoms with Gasteiger partial charge in [-0.05, 0) is 19.1 Å². The summed E-state index contributed by atoms with van der Waals surface area (Å²) in [5.41, 5.74) is 4.81. The van der Waals surface area contributed by atoms with E-state index < -0.39 is 0 Å². The van der Waals surface area contributed by atoms with Gasteiger partial charge in [0.05, 0.1) is 17.8 Å². The van der Waals surface area contributed by atoms with Gasteiger partial charge in [0.2, 0.25) is 0 Å². The predicted octanol–water partition coefficient (Wildman–Crippen LogP) is 0.528. The Labute approximate surface area is 116 Å². The normalized spacial score (nSPS) is 14.0. The minimum absolute atomic E-state index is 0.0455. The molecule has 0 saturated carbocycles. The van der Waals surface area contributed by atoms with Gasteiger partial charge in [0.25, 0.3) is 5.91 Å². The minimum Gasteiger partial charge on any atom is -0.329 e. The lowest BCUT2D eigenvalue weighted by molar-refractivity contribution is 0.0708. The number of hydrazine groups is 1. The summed E-state index contributed by atoms with van der Waals surface area (Å²) in [6, 6.07) is 5.57. The maximum atomic E-state index is 12.6. The maximum Gasteiger partial charge on any atom is 0.256 e. The van der Waals surface area contributed by atoms with Crippen molar-refractivity contribution in [3.05, 3.63) is 41.5 Å². The standard InChI is InChI=1S/C13H16N6O/c1-9-2-3-11(16-14)10(6-9)13(20)18-4-5-19-8-15-17-12(19)7-18/h2-3,6,8,16H,4-5,7,14H2,1H3. The summed E-state index contributed by atoms with van der Waals surface area (Å²) in [6.07, 6.45) is 1.69. The number of aryl methyl sites for hydroxylation is 1. The predicted molar refractivity (Wildman–Crippen MR) is 73.8 cm³/mol. The zero-order chi connectivity index (χ0) is 14.1. The molecule has 0 radical (unpaired) electrons. The zero-order valence-electron chi connectivity index (χ0n) is 11.2. The summed E-state index contributed by atoms with van der Waals surface area (Å²) < 4.78 is 1.96. The van der Waals surface area contributed by atoms with Crippen molar-refractivity contribution in [3.63, 3.8) is 0 Å². The molecule has 104 valence electrons. The molecule has 0 saturated heterocycles. The number of rotatable bonds is 2. The fourth-order valence-electron chi connectivity index (χ4n) is 2.37. The van der Waals surface area contributed by atoms with E-state index in [4.69, 9.17) is 5.84 Å². The molecule has 0 bridgehead atoms. The Balaban J connectivity index is 1.88. The third-order valence-corrected chi connectivity index (χ3v) is 3.49. The van der Waals surface area contributed by atoms with Gasteiger partial charge in [-0.2, -0.15) is 0 Å². The van der Waals surface area contributed by atoms with E-state index in [0.717, 1.165) is 11.4 Å². The first-order valence-corrected chi connectivity index (χ1v) is 6.42. The molecule has 1 aromatic heterocycles. The minimum atomic E-state index is -0.0455. The van der Waals surface area contributed by atoms with Gasteiger partial charge in [-0.3, -0.25) is 10.6 Å². The first kappa shape index (κ1) is 12.6. The number of carbonyl (C=O) groups is 1. The number of nitrogen functional groups attached to an aromatic ring is 1. The van der Waals surface area contributed by atoms with E-state index in [1.54, 1.807) is 11.2 Å². The molecule has 3 N–H and O–H groups in total. The quantitative estimate of drug-likeness (QED) is 0.615. The number of anilines is 1. The molecule has 2 heterocycles. The largest absolute Gasteiger partial charge is 0.329 e. The van der Waals surface area contributed by atoms with Crippen LogP contribution < -0.4 is 11.3 Å². The van der Waals surface area contributed by atoms with Crippen molar-refractivity contribution < 1.29 is 4.79 Å². The second-order valence-electron chi connectivity index (χ2n) is 4.86. The summed E-state index contributed by atoms with van der Waals surface area (Å²) in [7, 11) is 0. The Morgan fingerprint density at radius 1 is 1.40 bits per heavy atom. The smallest absolute Gasteiger partial charge is 0.256 e. The highest BCUT2D eigenvalue weighted by Crippen LogP contribution is 2.20. The van der Waals surface area contributed by atoms with Gasteiger partial charge in [0.1, 0.15) is 6.33 Å². The number of hydrogen-bond donors (Lipinski definition) is 2. The van der Waals surface area contributed by atoms with Gasteiger partial charge in [0.15, 0.2) is 5.82 Å². The molecule has 1 aliphatic heterocycles. The second-order valence-corrected chi connectivity index (χ2v) is 4.86. The van der Waals surface area contributed by atoms with E-state index in [0.29, 0.717) is 30.9 Å². The Morgan fingerprint density at radius 3 is 3.05 bits per heavy atom. The van der Waals surface area contributed by atoms with Crippen LogP contribution in [-0.2, 0) is 13.1 Å². The molecule has 20 heavy (non-hydrogen) atoms. The third-order valence-electron chi connectivity index (χ3n) is 3.49. The van der Waals surface area contributed by atoms with E-state index in [-0.39, 0.29) is 5.91 Å². The van der Waals surface area contributed by atoms with E-state index >= 15 is 0 Å². The Morgan fingerprint density at radius 2 is 2.25 bits per heavy atom. The van der Waals surface area contributed by atoms with E-state index in [2.05, 4.69) is 15.6 Å². The average molecular weight is 272 g/mol. The summed E-state index contributed by atoms with van der Waals surface area (Å²) >= 11 is 0. The van der Waals surface area contributed by atoms with Crippen molar-refractivity contribution in [1.29, 1.82) is 0 Å². The molecule has 0 fully saturated rings. The van der Waals surface area contributed by atoms with Crippen LogP contribution in [0.4, 0.5) is 5.69 Å². The lowest BCUT2D eigenvalue weighted by Gasteiger charge is -2.27. The lowest BCUT2D eigenvalue weighted by atomic mass is 10.1. The Kier molecular flexibility index (Phi) is 3.11. The monoisotopic (exact) mass is 272 g/mol. The molecular weight excluding hydrogens is 256 g/mol. The third kappa shape index (κ3) is 2.12. The van der Waals surface area contributed by atoms with E-state index in [1.807, 2.05) is 29.7 Å². The molecule has 3 rings (SSSR count). The highest BCUT2D eigenvalue weighted by molar-refractivity contribution is 5.99. The molecule has 7 heteroatoms. The van der Waals surface area contributed by atoms with Crippen molar-refractivity contribution in [2.45, 2.75) is 20.0 Å². The van der Waals surface area contributed by atoms with Crippen LogP contribution >= 0.6 is 0 Å². The van der Waals surface area contributed by atoms with Crippen molar-refractivity contribution in [3.8, 4) is 0 Å². The maximum absolute atomic E-state index is 12.6. The Bertz CT molecular complexity index is 650. The van der Waals surface area contributed by atoms with Gasteiger partial charge < -0.3 is 14.9 Å². The number of carbonyl (C=O) groups excluding carboxylic acids is 1. The molecule has 0 unspecified atom stereocenters. The number of nitrogens with one attached hydrogen (secondary N) is 1. The van der Waals surface area contributed by atoms with Crippen LogP contribution in [0.2, 0.25) is 0 Å². The number of nitrogens with zero attached hydrogens (tertiary/aromatic N) is 4. The highest BCUT2D eigenvalue weighted by Gasteiger charge is 2.24. The number of hydrogen-bond acceptors (Lipinski definition) is 5. The van der Waals surface area contributed by atoms with Crippen LogP contribution in [0, 0.1) is 6.92 Å². The molecule has 2 aromatic rings. The summed E-state index contributed by atoms with van der Waals surface area (Å²) in [5.74, 6) is 6.24. The number of nitrogens with two attached hydrogens (primary N) is 1. The van der Waals surface area contributed by atoms with Crippen LogP contribution in [0.5, 0.6) is 0 Å². The van der Waals surface area contributed by atoms with Crippen LogP contribution in [0.25, 0.3) is 0 Å². The van der Waals surface area contributed by atoms with Crippen LogP contribution in [-0.4, -0.2) is 32.1 Å². The van der Waals surface area contributed by atoms with E-state index in [9.17, 15) is 4.79 Å². The SMILES string of the molecule is Cc1ccc(NN)c(C(=O)N2CCn3cnnc3C2)c1. The van der Waals surface area contributed by atoms with Crippen molar-refractivity contribution in [1.82, 2.24) is 19.7 Å². The van der Waals surface area contributed by atoms with Crippen LogP contribution in [0.3, 0.4) is 0 Å². The van der Waals surface area contributed by atoms with Gasteiger partial charge >= 0.3 is 0 Å². The molecule has 0 atom stereocenters. The molecule has 0 aliphatic carbocycles. The lowest BCUT2D eigenvalue weighted by Crippen LogP contribution is -2.38. The summed E-state index contributed by atoms with van der Waals surface area (Å²) in [5, 5.41) is 7.88. The van der Waals surface area contributed by atoms with Crippen molar-refractivity contribution >= 4 is 11.6 Å².